The standard InChI is InChI=1S/C14H17NO5/c1-18-13(16)12-15(8-5-9-19-12)14(17)20-10-11-6-3-2-4-7-11/h2-4,6-7,12H,5,8-10H2,1H3/t12-/m0/s1. The SMILES string of the molecule is COC(=O)[C@@H]1OCCCN1C(=O)OCc1ccccc1. The Bertz CT molecular complexity index is 462. The van der Waals surface area contributed by atoms with Crippen molar-refractivity contribution in [3.05, 3.63) is 35.9 Å². The van der Waals surface area contributed by atoms with Crippen LogP contribution in [0.5, 0.6) is 0 Å². The molecule has 0 spiro atoms. The molecular weight excluding hydrogens is 262 g/mol. The molecule has 20 heavy (non-hydrogen) atoms. The third kappa shape index (κ3) is 3.48. The number of carbonyl (C=O) groups excluding carboxylic acids is 2. The lowest BCUT2D eigenvalue weighted by atomic mass is 10.2. The molecule has 2 rings (SSSR count). The van der Waals surface area contributed by atoms with E-state index in [2.05, 4.69) is 4.74 Å². The summed E-state index contributed by atoms with van der Waals surface area (Å²) in [6, 6.07) is 9.33. The van der Waals surface area contributed by atoms with Crippen molar-refractivity contribution in [3.63, 3.8) is 0 Å². The van der Waals surface area contributed by atoms with Crippen LogP contribution in [-0.4, -0.2) is 43.5 Å². The molecule has 1 heterocycles. The van der Waals surface area contributed by atoms with E-state index in [9.17, 15) is 9.59 Å². The van der Waals surface area contributed by atoms with Crippen molar-refractivity contribution < 1.29 is 23.8 Å². The highest BCUT2D eigenvalue weighted by molar-refractivity contribution is 5.80. The summed E-state index contributed by atoms with van der Waals surface area (Å²) >= 11 is 0. The van der Waals surface area contributed by atoms with Crippen molar-refractivity contribution in [2.24, 2.45) is 0 Å². The van der Waals surface area contributed by atoms with Gasteiger partial charge in [0.1, 0.15) is 6.61 Å². The number of esters is 1. The van der Waals surface area contributed by atoms with Gasteiger partial charge in [-0.05, 0) is 12.0 Å². The van der Waals surface area contributed by atoms with E-state index in [-0.39, 0.29) is 6.61 Å². The zero-order valence-corrected chi connectivity index (χ0v) is 11.3. The smallest absolute Gasteiger partial charge is 0.412 e. The molecule has 0 N–H and O–H groups in total. The first kappa shape index (κ1) is 14.3. The van der Waals surface area contributed by atoms with Gasteiger partial charge in [-0.2, -0.15) is 0 Å². The molecule has 1 aromatic carbocycles. The zero-order valence-electron chi connectivity index (χ0n) is 11.3. The van der Waals surface area contributed by atoms with Gasteiger partial charge in [0, 0.05) is 6.54 Å². The lowest BCUT2D eigenvalue weighted by Gasteiger charge is -2.32. The minimum atomic E-state index is -1.02. The summed E-state index contributed by atoms with van der Waals surface area (Å²) in [5.41, 5.74) is 0.883. The molecule has 0 unspecified atom stereocenters. The second kappa shape index (κ2) is 6.91. The molecule has 0 radical (unpaired) electrons. The molecule has 1 amide bonds. The molecule has 1 atom stereocenters. The molecule has 1 fully saturated rings. The van der Waals surface area contributed by atoms with Crippen LogP contribution in [0.4, 0.5) is 4.79 Å². The Morgan fingerprint density at radius 2 is 2.10 bits per heavy atom. The Balaban J connectivity index is 1.94. The topological polar surface area (TPSA) is 65.1 Å². The maximum absolute atomic E-state index is 12.0. The van der Waals surface area contributed by atoms with Crippen LogP contribution in [0.2, 0.25) is 0 Å². The minimum absolute atomic E-state index is 0.157. The molecule has 0 aromatic heterocycles. The molecular formula is C14H17NO5. The molecule has 1 aromatic rings. The fourth-order valence-corrected chi connectivity index (χ4v) is 1.92. The Morgan fingerprint density at radius 1 is 1.35 bits per heavy atom. The van der Waals surface area contributed by atoms with Gasteiger partial charge in [-0.25, -0.2) is 9.59 Å². The van der Waals surface area contributed by atoms with Gasteiger partial charge in [0.15, 0.2) is 0 Å². The quantitative estimate of drug-likeness (QED) is 0.785. The first-order valence-corrected chi connectivity index (χ1v) is 6.39. The summed E-state index contributed by atoms with van der Waals surface area (Å²) in [6.45, 7) is 0.986. The Hall–Kier alpha value is -2.08. The zero-order chi connectivity index (χ0) is 14.4. The van der Waals surface area contributed by atoms with Crippen molar-refractivity contribution in [1.29, 1.82) is 0 Å². The summed E-state index contributed by atoms with van der Waals surface area (Å²) in [7, 11) is 1.26. The van der Waals surface area contributed by atoms with Gasteiger partial charge in [0.2, 0.25) is 6.23 Å². The second-order valence-electron chi connectivity index (χ2n) is 4.33. The van der Waals surface area contributed by atoms with Gasteiger partial charge in [-0.1, -0.05) is 30.3 Å². The van der Waals surface area contributed by atoms with Crippen LogP contribution < -0.4 is 0 Å². The van der Waals surface area contributed by atoms with Gasteiger partial charge in [-0.15, -0.1) is 0 Å². The van der Waals surface area contributed by atoms with Gasteiger partial charge in [-0.3, -0.25) is 4.90 Å². The average Bonchev–Trinajstić information content (AvgIpc) is 2.52. The summed E-state index contributed by atoms with van der Waals surface area (Å²) in [6.07, 6.45) is -0.936. The van der Waals surface area contributed by atoms with E-state index in [1.165, 1.54) is 12.0 Å². The number of methoxy groups -OCH3 is 1. The lowest BCUT2D eigenvalue weighted by molar-refractivity contribution is -0.172. The van der Waals surface area contributed by atoms with Crippen LogP contribution in [0, 0.1) is 0 Å². The van der Waals surface area contributed by atoms with Crippen LogP contribution in [0.15, 0.2) is 30.3 Å². The minimum Gasteiger partial charge on any atom is -0.466 e. The monoisotopic (exact) mass is 279 g/mol. The number of carbonyl (C=O) groups is 2. The number of nitrogens with zero attached hydrogens (tertiary/aromatic N) is 1. The van der Waals surface area contributed by atoms with Crippen molar-refractivity contribution >= 4 is 12.1 Å². The van der Waals surface area contributed by atoms with Crippen molar-refractivity contribution in [2.75, 3.05) is 20.3 Å². The fraction of sp³-hybridized carbons (Fsp3) is 0.429. The maximum Gasteiger partial charge on any atom is 0.412 e. The molecule has 1 saturated heterocycles. The summed E-state index contributed by atoms with van der Waals surface area (Å²) < 4.78 is 15.1. The number of hydrogen-bond donors (Lipinski definition) is 0. The van der Waals surface area contributed by atoms with E-state index in [1.54, 1.807) is 0 Å². The highest BCUT2D eigenvalue weighted by Gasteiger charge is 2.35. The van der Waals surface area contributed by atoms with Crippen molar-refractivity contribution in [1.82, 2.24) is 4.90 Å². The molecule has 108 valence electrons. The predicted molar refractivity (Wildman–Crippen MR) is 69.7 cm³/mol. The molecule has 0 saturated carbocycles. The number of rotatable bonds is 3. The first-order valence-electron chi connectivity index (χ1n) is 6.39. The Kier molecular flexibility index (Phi) is 4.95. The van der Waals surface area contributed by atoms with E-state index < -0.39 is 18.3 Å². The third-order valence-corrected chi connectivity index (χ3v) is 2.94. The third-order valence-electron chi connectivity index (χ3n) is 2.94. The number of amides is 1. The van der Waals surface area contributed by atoms with E-state index in [4.69, 9.17) is 9.47 Å². The summed E-state index contributed by atoms with van der Waals surface area (Å²) in [5, 5.41) is 0. The molecule has 0 aliphatic carbocycles. The number of hydrogen-bond acceptors (Lipinski definition) is 5. The molecule has 1 aliphatic heterocycles. The molecule has 0 bridgehead atoms. The average molecular weight is 279 g/mol. The first-order chi connectivity index (χ1) is 9.72. The van der Waals surface area contributed by atoms with Crippen molar-refractivity contribution in [2.45, 2.75) is 19.3 Å². The number of benzene rings is 1. The molecule has 6 nitrogen and oxygen atoms in total. The predicted octanol–water partition coefficient (Wildman–Crippen LogP) is 1.54. The number of ether oxygens (including phenoxy) is 3. The highest BCUT2D eigenvalue weighted by Crippen LogP contribution is 2.14. The van der Waals surface area contributed by atoms with E-state index >= 15 is 0 Å². The van der Waals surface area contributed by atoms with Gasteiger partial charge >= 0.3 is 12.1 Å². The van der Waals surface area contributed by atoms with Crippen LogP contribution in [0.1, 0.15) is 12.0 Å². The largest absolute Gasteiger partial charge is 0.466 e. The Morgan fingerprint density at radius 3 is 2.80 bits per heavy atom. The fourth-order valence-electron chi connectivity index (χ4n) is 1.92. The highest BCUT2D eigenvalue weighted by atomic mass is 16.6. The summed E-state index contributed by atoms with van der Waals surface area (Å²) in [4.78, 5) is 24.8. The van der Waals surface area contributed by atoms with Gasteiger partial charge in [0.25, 0.3) is 0 Å². The van der Waals surface area contributed by atoms with E-state index in [0.29, 0.717) is 19.6 Å². The molecule has 1 aliphatic rings. The van der Waals surface area contributed by atoms with Crippen LogP contribution in [-0.2, 0) is 25.6 Å². The second-order valence-corrected chi connectivity index (χ2v) is 4.33. The van der Waals surface area contributed by atoms with E-state index in [1.807, 2.05) is 30.3 Å². The van der Waals surface area contributed by atoms with Crippen molar-refractivity contribution in [3.8, 4) is 0 Å². The maximum atomic E-state index is 12.0. The van der Waals surface area contributed by atoms with Crippen LogP contribution >= 0.6 is 0 Å². The van der Waals surface area contributed by atoms with Crippen LogP contribution in [0.3, 0.4) is 0 Å². The van der Waals surface area contributed by atoms with Gasteiger partial charge in [0.05, 0.1) is 13.7 Å². The van der Waals surface area contributed by atoms with Gasteiger partial charge < -0.3 is 14.2 Å². The Labute approximate surface area is 117 Å². The van der Waals surface area contributed by atoms with E-state index in [0.717, 1.165) is 5.56 Å². The lowest BCUT2D eigenvalue weighted by Crippen LogP contribution is -2.51. The summed E-state index contributed by atoms with van der Waals surface area (Å²) in [5.74, 6) is -0.596. The normalized spacial score (nSPS) is 18.4. The molecule has 6 heteroatoms. The van der Waals surface area contributed by atoms with Crippen LogP contribution in [0.25, 0.3) is 0 Å².